The minimum Gasteiger partial charge on any atom is -0.443 e. The number of pyridine rings is 1. The molecule has 2 aliphatic heterocycles. The lowest BCUT2D eigenvalue weighted by atomic mass is 10.2. The van der Waals surface area contributed by atoms with E-state index in [-0.39, 0.29) is 17.8 Å². The van der Waals surface area contributed by atoms with E-state index in [1.54, 1.807) is 53.7 Å². The van der Waals surface area contributed by atoms with Crippen LogP contribution in [0.15, 0.2) is 12.1 Å². The van der Waals surface area contributed by atoms with Crippen molar-refractivity contribution >= 4 is 29.7 Å². The SMILES string of the molecule is CC(C)(C)OC(=O)N(C(=O)OC(C)(C)C)c1ccc2c(n1)NC(=O)[C@@H]1CCCN1C2. The first-order chi connectivity index (χ1) is 13.8. The molecule has 1 saturated heterocycles. The molecule has 2 aliphatic rings. The maximum atomic E-state index is 12.8. The number of rotatable bonds is 1. The van der Waals surface area contributed by atoms with E-state index in [2.05, 4.69) is 15.2 Å². The number of carbonyl (C=O) groups is 3. The van der Waals surface area contributed by atoms with Gasteiger partial charge in [-0.15, -0.1) is 0 Å². The van der Waals surface area contributed by atoms with Crippen LogP contribution in [0, 0.1) is 0 Å². The van der Waals surface area contributed by atoms with E-state index in [1.165, 1.54) is 0 Å². The average Bonchev–Trinajstić information content (AvgIpc) is 2.97. The van der Waals surface area contributed by atoms with Crippen LogP contribution in [0.1, 0.15) is 59.9 Å². The van der Waals surface area contributed by atoms with E-state index in [0.29, 0.717) is 12.4 Å². The molecule has 1 aromatic heterocycles. The molecule has 1 atom stereocenters. The van der Waals surface area contributed by atoms with Gasteiger partial charge in [-0.1, -0.05) is 6.07 Å². The Morgan fingerprint density at radius 2 is 1.70 bits per heavy atom. The molecule has 0 bridgehead atoms. The molecule has 0 radical (unpaired) electrons. The molecular weight excluding hydrogens is 388 g/mol. The minimum atomic E-state index is -0.898. The Labute approximate surface area is 176 Å². The molecule has 0 unspecified atom stereocenters. The van der Waals surface area contributed by atoms with Crippen molar-refractivity contribution in [3.8, 4) is 0 Å². The average molecular weight is 418 g/mol. The van der Waals surface area contributed by atoms with Crippen LogP contribution in [-0.2, 0) is 20.8 Å². The number of nitrogens with one attached hydrogen (secondary N) is 1. The number of carbonyl (C=O) groups excluding carboxylic acids is 3. The molecule has 0 saturated carbocycles. The van der Waals surface area contributed by atoms with Gasteiger partial charge in [0.2, 0.25) is 5.91 Å². The first kappa shape index (κ1) is 22.0. The van der Waals surface area contributed by atoms with Crippen LogP contribution in [0.2, 0.25) is 0 Å². The topological polar surface area (TPSA) is 101 Å². The number of hydrogen-bond acceptors (Lipinski definition) is 7. The fourth-order valence-corrected chi connectivity index (χ4v) is 3.45. The van der Waals surface area contributed by atoms with Gasteiger partial charge in [-0.2, -0.15) is 4.90 Å². The zero-order valence-corrected chi connectivity index (χ0v) is 18.4. The molecular formula is C21H30N4O5. The Bertz CT molecular complexity index is 828. The highest BCUT2D eigenvalue weighted by Crippen LogP contribution is 2.30. The summed E-state index contributed by atoms with van der Waals surface area (Å²) < 4.78 is 10.8. The predicted octanol–water partition coefficient (Wildman–Crippen LogP) is 3.67. The Kier molecular flexibility index (Phi) is 5.77. The molecule has 0 spiro atoms. The van der Waals surface area contributed by atoms with Gasteiger partial charge in [0.05, 0.1) is 6.04 Å². The summed E-state index contributed by atoms with van der Waals surface area (Å²) in [5, 5.41) is 2.84. The summed E-state index contributed by atoms with van der Waals surface area (Å²) in [6.45, 7) is 11.6. The summed E-state index contributed by atoms with van der Waals surface area (Å²) in [5.74, 6) is 0.237. The van der Waals surface area contributed by atoms with Gasteiger partial charge in [-0.3, -0.25) is 9.69 Å². The molecule has 9 heteroatoms. The van der Waals surface area contributed by atoms with Gasteiger partial charge in [0.1, 0.15) is 17.0 Å². The summed E-state index contributed by atoms with van der Waals surface area (Å²) >= 11 is 0. The summed E-state index contributed by atoms with van der Waals surface area (Å²) in [7, 11) is 0. The normalized spacial score (nSPS) is 19.3. The third kappa shape index (κ3) is 5.08. The number of ether oxygens (including phenoxy) is 2. The van der Waals surface area contributed by atoms with Crippen molar-refractivity contribution in [2.24, 2.45) is 0 Å². The van der Waals surface area contributed by atoms with Crippen molar-refractivity contribution in [2.75, 3.05) is 16.8 Å². The second kappa shape index (κ2) is 7.86. The molecule has 1 fully saturated rings. The quantitative estimate of drug-likeness (QED) is 0.742. The van der Waals surface area contributed by atoms with E-state index in [4.69, 9.17) is 9.47 Å². The monoisotopic (exact) mass is 418 g/mol. The molecule has 3 rings (SSSR count). The Morgan fingerprint density at radius 3 is 2.27 bits per heavy atom. The van der Waals surface area contributed by atoms with Crippen molar-refractivity contribution < 1.29 is 23.9 Å². The van der Waals surface area contributed by atoms with Crippen LogP contribution in [0.25, 0.3) is 0 Å². The fourth-order valence-electron chi connectivity index (χ4n) is 3.45. The molecule has 164 valence electrons. The van der Waals surface area contributed by atoms with Crippen molar-refractivity contribution in [1.29, 1.82) is 0 Å². The van der Waals surface area contributed by atoms with Crippen LogP contribution in [0.4, 0.5) is 21.2 Å². The fraction of sp³-hybridized carbons (Fsp3) is 0.619. The highest BCUT2D eigenvalue weighted by molar-refractivity contribution is 6.09. The van der Waals surface area contributed by atoms with Crippen LogP contribution in [-0.4, -0.2) is 51.8 Å². The lowest BCUT2D eigenvalue weighted by Crippen LogP contribution is -2.44. The standard InChI is InChI=1S/C21H30N4O5/c1-20(2,3)29-18(27)25(19(28)30-21(4,5)6)15-10-9-13-12-24-11-7-8-14(24)17(26)23-16(13)22-15/h9-10,14H,7-8,11-12H2,1-6H3,(H,22,23,26)/t14-/m0/s1. The summed E-state index contributed by atoms with van der Waals surface area (Å²) in [5.41, 5.74) is -0.811. The van der Waals surface area contributed by atoms with E-state index in [9.17, 15) is 14.4 Å². The molecule has 30 heavy (non-hydrogen) atoms. The van der Waals surface area contributed by atoms with E-state index < -0.39 is 23.4 Å². The maximum absolute atomic E-state index is 12.8. The smallest absolute Gasteiger partial charge is 0.425 e. The largest absolute Gasteiger partial charge is 0.443 e. The number of imide groups is 1. The van der Waals surface area contributed by atoms with Gasteiger partial charge in [0, 0.05) is 12.1 Å². The highest BCUT2D eigenvalue weighted by Gasteiger charge is 2.37. The van der Waals surface area contributed by atoms with Gasteiger partial charge in [-0.05, 0) is 67.0 Å². The van der Waals surface area contributed by atoms with Crippen LogP contribution in [0.5, 0.6) is 0 Å². The van der Waals surface area contributed by atoms with Crippen molar-refractivity contribution in [1.82, 2.24) is 9.88 Å². The van der Waals surface area contributed by atoms with Crippen molar-refractivity contribution in [2.45, 2.75) is 78.2 Å². The lowest BCUT2D eigenvalue weighted by molar-refractivity contribution is -0.120. The second-order valence-corrected chi connectivity index (χ2v) is 9.59. The molecule has 3 amide bonds. The number of anilines is 2. The highest BCUT2D eigenvalue weighted by atomic mass is 16.6. The Hall–Kier alpha value is -2.68. The maximum Gasteiger partial charge on any atom is 0.425 e. The van der Waals surface area contributed by atoms with Crippen LogP contribution < -0.4 is 10.2 Å². The molecule has 0 aliphatic carbocycles. The number of hydrogen-bond donors (Lipinski definition) is 1. The van der Waals surface area contributed by atoms with E-state index in [1.807, 2.05) is 0 Å². The first-order valence-corrected chi connectivity index (χ1v) is 10.1. The van der Waals surface area contributed by atoms with Gasteiger partial charge in [0.15, 0.2) is 5.82 Å². The van der Waals surface area contributed by atoms with Crippen LogP contribution in [0.3, 0.4) is 0 Å². The van der Waals surface area contributed by atoms with E-state index >= 15 is 0 Å². The summed E-state index contributed by atoms with van der Waals surface area (Å²) in [4.78, 5) is 45.5. The predicted molar refractivity (Wildman–Crippen MR) is 111 cm³/mol. The lowest BCUT2D eigenvalue weighted by Gasteiger charge is -2.28. The number of nitrogens with zero attached hydrogens (tertiary/aromatic N) is 3. The van der Waals surface area contributed by atoms with Crippen molar-refractivity contribution in [3.63, 3.8) is 0 Å². The molecule has 9 nitrogen and oxygen atoms in total. The second-order valence-electron chi connectivity index (χ2n) is 9.59. The molecule has 1 aromatic rings. The van der Waals surface area contributed by atoms with E-state index in [0.717, 1.165) is 29.8 Å². The number of fused-ring (bicyclic) bond motifs is 2. The summed E-state index contributed by atoms with van der Waals surface area (Å²) in [6, 6.07) is 3.14. The first-order valence-electron chi connectivity index (χ1n) is 10.1. The zero-order chi connectivity index (χ0) is 22.3. The molecule has 3 heterocycles. The number of amides is 3. The van der Waals surface area contributed by atoms with Gasteiger partial charge in [0.25, 0.3) is 0 Å². The zero-order valence-electron chi connectivity index (χ0n) is 18.4. The molecule has 0 aromatic carbocycles. The van der Waals surface area contributed by atoms with Crippen molar-refractivity contribution in [3.05, 3.63) is 17.7 Å². The third-order valence-corrected chi connectivity index (χ3v) is 4.63. The van der Waals surface area contributed by atoms with Gasteiger partial charge < -0.3 is 14.8 Å². The Balaban J connectivity index is 1.95. The van der Waals surface area contributed by atoms with Gasteiger partial charge >= 0.3 is 12.2 Å². The Morgan fingerprint density at radius 1 is 1.10 bits per heavy atom. The van der Waals surface area contributed by atoms with Gasteiger partial charge in [-0.25, -0.2) is 14.6 Å². The number of aromatic nitrogens is 1. The minimum absolute atomic E-state index is 0.0274. The summed E-state index contributed by atoms with van der Waals surface area (Å²) in [6.07, 6.45) is -0.0203. The van der Waals surface area contributed by atoms with Crippen LogP contribution >= 0.6 is 0 Å². The third-order valence-electron chi connectivity index (χ3n) is 4.63. The molecule has 1 N–H and O–H groups in total.